The fourth-order valence-corrected chi connectivity index (χ4v) is 2.20. The number of nitrogens with one attached hydrogen (secondary N) is 1. The van der Waals surface area contributed by atoms with Gasteiger partial charge in [-0.1, -0.05) is 24.6 Å². The van der Waals surface area contributed by atoms with E-state index in [1.54, 1.807) is 6.26 Å². The molecule has 1 aromatic rings. The van der Waals surface area contributed by atoms with Crippen LogP contribution in [0.4, 0.5) is 5.69 Å². The molecule has 0 fully saturated rings. The number of hydrogen-bond acceptors (Lipinski definition) is 4. The van der Waals surface area contributed by atoms with Crippen LogP contribution in [0.15, 0.2) is 30.5 Å². The van der Waals surface area contributed by atoms with E-state index in [2.05, 4.69) is 5.32 Å². The molecule has 5 nitrogen and oxygen atoms in total. The van der Waals surface area contributed by atoms with Crippen molar-refractivity contribution in [3.05, 3.63) is 36.1 Å². The average Bonchev–Trinajstić information content (AvgIpc) is 2.87. The first kappa shape index (κ1) is 14.2. The SMILES string of the molecule is Nc1ccccc1C1=COC(CCCCCC(=O)O)N1. The van der Waals surface area contributed by atoms with Crippen LogP contribution in [-0.2, 0) is 9.53 Å². The molecule has 1 atom stereocenters. The van der Waals surface area contributed by atoms with Crippen molar-refractivity contribution < 1.29 is 14.6 Å². The third kappa shape index (κ3) is 3.91. The number of carbonyl (C=O) groups is 1. The lowest BCUT2D eigenvalue weighted by atomic mass is 10.1. The molecule has 4 N–H and O–H groups in total. The number of unbranched alkanes of at least 4 members (excludes halogenated alkanes) is 2. The topological polar surface area (TPSA) is 84.6 Å². The average molecular weight is 276 g/mol. The quantitative estimate of drug-likeness (QED) is 0.526. The summed E-state index contributed by atoms with van der Waals surface area (Å²) in [5.41, 5.74) is 8.49. The lowest BCUT2D eigenvalue weighted by molar-refractivity contribution is -0.137. The van der Waals surface area contributed by atoms with Crippen molar-refractivity contribution in [2.24, 2.45) is 0 Å². The van der Waals surface area contributed by atoms with E-state index >= 15 is 0 Å². The molecule has 5 heteroatoms. The molecular formula is C15H20N2O3. The number of rotatable bonds is 7. The normalized spacial score (nSPS) is 17.2. The zero-order chi connectivity index (χ0) is 14.4. The maximum Gasteiger partial charge on any atom is 0.303 e. The summed E-state index contributed by atoms with van der Waals surface area (Å²) in [5, 5.41) is 11.8. The van der Waals surface area contributed by atoms with E-state index in [1.807, 2.05) is 24.3 Å². The van der Waals surface area contributed by atoms with Gasteiger partial charge in [0.05, 0.1) is 5.70 Å². The van der Waals surface area contributed by atoms with Gasteiger partial charge in [-0.2, -0.15) is 0 Å². The lowest BCUT2D eigenvalue weighted by Crippen LogP contribution is -2.23. The minimum Gasteiger partial charge on any atom is -0.481 e. The van der Waals surface area contributed by atoms with Crippen molar-refractivity contribution in [3.63, 3.8) is 0 Å². The van der Waals surface area contributed by atoms with Crippen molar-refractivity contribution in [3.8, 4) is 0 Å². The number of benzene rings is 1. The fourth-order valence-electron chi connectivity index (χ4n) is 2.20. The van der Waals surface area contributed by atoms with Gasteiger partial charge in [0.1, 0.15) is 6.26 Å². The van der Waals surface area contributed by atoms with Crippen LogP contribution in [0.2, 0.25) is 0 Å². The van der Waals surface area contributed by atoms with E-state index in [9.17, 15) is 4.79 Å². The second-order valence-corrected chi connectivity index (χ2v) is 4.88. The van der Waals surface area contributed by atoms with Crippen molar-refractivity contribution in [1.29, 1.82) is 0 Å². The van der Waals surface area contributed by atoms with Crippen molar-refractivity contribution in [1.82, 2.24) is 5.32 Å². The molecule has 0 radical (unpaired) electrons. The Kier molecular flexibility index (Phi) is 4.87. The highest BCUT2D eigenvalue weighted by Crippen LogP contribution is 2.24. The highest BCUT2D eigenvalue weighted by molar-refractivity contribution is 5.74. The van der Waals surface area contributed by atoms with Gasteiger partial charge >= 0.3 is 5.97 Å². The van der Waals surface area contributed by atoms with Crippen LogP contribution in [-0.4, -0.2) is 17.3 Å². The maximum atomic E-state index is 10.4. The van der Waals surface area contributed by atoms with E-state index in [4.69, 9.17) is 15.6 Å². The Morgan fingerprint density at radius 3 is 2.85 bits per heavy atom. The van der Waals surface area contributed by atoms with Gasteiger partial charge in [0.15, 0.2) is 6.23 Å². The Morgan fingerprint density at radius 2 is 2.10 bits per heavy atom. The highest BCUT2D eigenvalue weighted by atomic mass is 16.5. The third-order valence-corrected chi connectivity index (χ3v) is 3.27. The Balaban J connectivity index is 1.72. The fraction of sp³-hybridized carbons (Fsp3) is 0.400. The molecular weight excluding hydrogens is 256 g/mol. The Bertz CT molecular complexity index is 500. The van der Waals surface area contributed by atoms with Gasteiger partial charge in [-0.25, -0.2) is 0 Å². The van der Waals surface area contributed by atoms with Crippen LogP contribution >= 0.6 is 0 Å². The molecule has 20 heavy (non-hydrogen) atoms. The molecule has 0 amide bonds. The Labute approximate surface area is 118 Å². The molecule has 0 aromatic heterocycles. The zero-order valence-electron chi connectivity index (χ0n) is 11.3. The molecule has 1 unspecified atom stereocenters. The Morgan fingerprint density at radius 1 is 1.30 bits per heavy atom. The summed E-state index contributed by atoms with van der Waals surface area (Å²) in [5.74, 6) is -0.733. The molecule has 0 saturated heterocycles. The second kappa shape index (κ2) is 6.84. The van der Waals surface area contributed by atoms with Crippen LogP contribution in [0.1, 0.15) is 37.7 Å². The Hall–Kier alpha value is -2.17. The summed E-state index contributed by atoms with van der Waals surface area (Å²) in [7, 11) is 0. The number of anilines is 1. The number of carboxylic acids is 1. The van der Waals surface area contributed by atoms with E-state index in [-0.39, 0.29) is 12.6 Å². The van der Waals surface area contributed by atoms with E-state index < -0.39 is 5.97 Å². The zero-order valence-corrected chi connectivity index (χ0v) is 11.3. The molecule has 1 aliphatic heterocycles. The van der Waals surface area contributed by atoms with Gasteiger partial charge in [0.25, 0.3) is 0 Å². The first-order chi connectivity index (χ1) is 9.66. The summed E-state index contributed by atoms with van der Waals surface area (Å²) >= 11 is 0. The number of nitrogens with two attached hydrogens (primary N) is 1. The summed E-state index contributed by atoms with van der Waals surface area (Å²) in [6, 6.07) is 7.65. The van der Waals surface area contributed by atoms with Crippen LogP contribution in [0.5, 0.6) is 0 Å². The predicted octanol–water partition coefficient (Wildman–Crippen LogP) is 2.55. The number of hydrogen-bond donors (Lipinski definition) is 3. The molecule has 0 bridgehead atoms. The molecule has 0 spiro atoms. The summed E-state index contributed by atoms with van der Waals surface area (Å²) in [4.78, 5) is 10.4. The molecule has 1 aromatic carbocycles. The largest absolute Gasteiger partial charge is 0.481 e. The van der Waals surface area contributed by atoms with Crippen molar-refractivity contribution >= 4 is 17.4 Å². The minimum absolute atomic E-state index is 0.0468. The van der Waals surface area contributed by atoms with Gasteiger partial charge < -0.3 is 20.9 Å². The van der Waals surface area contributed by atoms with Gasteiger partial charge in [-0.15, -0.1) is 0 Å². The monoisotopic (exact) mass is 276 g/mol. The summed E-state index contributed by atoms with van der Waals surface area (Å²) in [6.07, 6.45) is 5.30. The first-order valence-electron chi connectivity index (χ1n) is 6.85. The first-order valence-corrected chi connectivity index (χ1v) is 6.85. The minimum atomic E-state index is -0.733. The number of para-hydroxylation sites is 1. The van der Waals surface area contributed by atoms with Crippen molar-refractivity contribution in [2.45, 2.75) is 38.3 Å². The molecule has 108 valence electrons. The van der Waals surface area contributed by atoms with Crippen LogP contribution in [0, 0.1) is 0 Å². The van der Waals surface area contributed by atoms with Crippen LogP contribution < -0.4 is 11.1 Å². The maximum absolute atomic E-state index is 10.4. The third-order valence-electron chi connectivity index (χ3n) is 3.27. The van der Waals surface area contributed by atoms with E-state index in [0.29, 0.717) is 6.42 Å². The van der Waals surface area contributed by atoms with Gasteiger partial charge in [-0.3, -0.25) is 4.79 Å². The van der Waals surface area contributed by atoms with Crippen LogP contribution in [0.3, 0.4) is 0 Å². The number of nitrogen functional groups attached to an aromatic ring is 1. The van der Waals surface area contributed by atoms with Gasteiger partial charge in [0, 0.05) is 24.1 Å². The predicted molar refractivity (Wildman–Crippen MR) is 77.6 cm³/mol. The smallest absolute Gasteiger partial charge is 0.303 e. The molecule has 2 rings (SSSR count). The number of carboxylic acid groups (broad SMARTS) is 1. The van der Waals surface area contributed by atoms with Gasteiger partial charge in [-0.05, 0) is 18.9 Å². The standard InChI is InChI=1S/C15H20N2O3/c16-12-7-5-4-6-11(12)13-10-20-14(17-13)8-2-1-3-9-15(18)19/h4-7,10,14,17H,1-3,8-9,16H2,(H,18,19). The molecule has 1 heterocycles. The lowest BCUT2D eigenvalue weighted by Gasteiger charge is -2.13. The summed E-state index contributed by atoms with van der Waals surface area (Å²) in [6.45, 7) is 0. The van der Waals surface area contributed by atoms with Crippen LogP contribution in [0.25, 0.3) is 5.70 Å². The second-order valence-electron chi connectivity index (χ2n) is 4.88. The van der Waals surface area contributed by atoms with Gasteiger partial charge in [0.2, 0.25) is 0 Å². The van der Waals surface area contributed by atoms with Crippen molar-refractivity contribution in [2.75, 3.05) is 5.73 Å². The molecule has 0 aliphatic carbocycles. The molecule has 0 saturated carbocycles. The van der Waals surface area contributed by atoms with E-state index in [1.165, 1.54) is 0 Å². The molecule has 1 aliphatic rings. The number of ether oxygens (including phenoxy) is 1. The number of aliphatic carboxylic acids is 1. The highest BCUT2D eigenvalue weighted by Gasteiger charge is 2.18. The van der Waals surface area contributed by atoms with E-state index in [0.717, 1.165) is 36.2 Å². The summed E-state index contributed by atoms with van der Waals surface area (Å²) < 4.78 is 5.56.